The lowest BCUT2D eigenvalue weighted by molar-refractivity contribution is 0.0503. The lowest BCUT2D eigenvalue weighted by atomic mass is 9.80. The number of amides is 3. The van der Waals surface area contributed by atoms with Crippen LogP contribution in [0.1, 0.15) is 39.3 Å². The van der Waals surface area contributed by atoms with Crippen LogP contribution in [0.2, 0.25) is 0 Å². The van der Waals surface area contributed by atoms with E-state index in [4.69, 9.17) is 4.74 Å². The molecule has 1 aromatic rings. The predicted octanol–water partition coefficient (Wildman–Crippen LogP) is 1.86. The van der Waals surface area contributed by atoms with E-state index >= 15 is 0 Å². The molecule has 0 radical (unpaired) electrons. The van der Waals surface area contributed by atoms with Crippen LogP contribution < -0.4 is 10.6 Å². The molecule has 140 valence electrons. The van der Waals surface area contributed by atoms with E-state index in [1.807, 2.05) is 40.1 Å². The number of nitrogens with zero attached hydrogens (tertiary/aromatic N) is 3. The van der Waals surface area contributed by atoms with Gasteiger partial charge in [0.15, 0.2) is 0 Å². The molecule has 8 heteroatoms. The van der Waals surface area contributed by atoms with Crippen LogP contribution in [0.5, 0.6) is 0 Å². The number of carbonyl (C=O) groups is 2. The Bertz CT molecular complexity index is 602. The predicted molar refractivity (Wildman–Crippen MR) is 94.0 cm³/mol. The third kappa shape index (κ3) is 6.28. The highest BCUT2D eigenvalue weighted by Crippen LogP contribution is 2.27. The second kappa shape index (κ2) is 7.76. The Morgan fingerprint density at radius 3 is 2.64 bits per heavy atom. The van der Waals surface area contributed by atoms with Crippen molar-refractivity contribution in [1.82, 2.24) is 25.3 Å². The van der Waals surface area contributed by atoms with Crippen LogP contribution in [-0.4, -0.2) is 52.0 Å². The van der Waals surface area contributed by atoms with Gasteiger partial charge in [-0.3, -0.25) is 4.68 Å². The van der Waals surface area contributed by atoms with Gasteiger partial charge in [0.1, 0.15) is 5.60 Å². The topological polar surface area (TPSA) is 88.5 Å². The number of hydrogen-bond donors (Lipinski definition) is 2. The second-order valence-electron chi connectivity index (χ2n) is 7.70. The number of aromatic nitrogens is 2. The zero-order valence-corrected chi connectivity index (χ0v) is 15.7. The van der Waals surface area contributed by atoms with Crippen LogP contribution in [0.25, 0.3) is 0 Å². The van der Waals surface area contributed by atoms with Crippen LogP contribution in [0, 0.1) is 5.92 Å². The molecule has 1 fully saturated rings. The van der Waals surface area contributed by atoms with Gasteiger partial charge in [0.2, 0.25) is 0 Å². The summed E-state index contributed by atoms with van der Waals surface area (Å²) in [6, 6.07) is 1.95. The van der Waals surface area contributed by atoms with Crippen molar-refractivity contribution in [2.24, 2.45) is 13.0 Å². The van der Waals surface area contributed by atoms with Gasteiger partial charge in [-0.1, -0.05) is 0 Å². The van der Waals surface area contributed by atoms with E-state index in [9.17, 15) is 9.59 Å². The fourth-order valence-corrected chi connectivity index (χ4v) is 2.71. The Hall–Kier alpha value is -2.25. The number of rotatable bonds is 5. The zero-order valence-electron chi connectivity index (χ0n) is 15.7. The highest BCUT2D eigenvalue weighted by Gasteiger charge is 2.31. The molecule has 3 amide bonds. The van der Waals surface area contributed by atoms with Gasteiger partial charge in [0.05, 0.1) is 12.2 Å². The minimum absolute atomic E-state index is 0.103. The summed E-state index contributed by atoms with van der Waals surface area (Å²) in [5.74, 6) is 0.374. The summed E-state index contributed by atoms with van der Waals surface area (Å²) in [5.41, 5.74) is 0.367. The van der Waals surface area contributed by atoms with Gasteiger partial charge in [0, 0.05) is 32.9 Å². The number of alkyl carbamates (subject to hydrolysis) is 1. The number of ether oxygens (including phenoxy) is 1. The van der Waals surface area contributed by atoms with E-state index in [1.54, 1.807) is 16.6 Å². The number of aryl methyl sites for hydroxylation is 1. The Morgan fingerprint density at radius 2 is 2.08 bits per heavy atom. The van der Waals surface area contributed by atoms with Gasteiger partial charge >= 0.3 is 12.1 Å². The van der Waals surface area contributed by atoms with Crippen LogP contribution in [0.3, 0.4) is 0 Å². The molecule has 2 rings (SSSR count). The SMILES string of the molecule is CN(Cc1ccn(C)n1)C(=O)NC1CC(CNC(=O)OC(C)(C)C)C1. The van der Waals surface area contributed by atoms with E-state index in [0.717, 1.165) is 18.5 Å². The normalized spacial score (nSPS) is 19.7. The molecule has 0 aromatic carbocycles. The lowest BCUT2D eigenvalue weighted by Crippen LogP contribution is -2.51. The summed E-state index contributed by atoms with van der Waals surface area (Å²) in [5, 5.41) is 10.1. The van der Waals surface area contributed by atoms with E-state index in [1.165, 1.54) is 0 Å². The maximum Gasteiger partial charge on any atom is 0.407 e. The van der Waals surface area contributed by atoms with Crippen molar-refractivity contribution in [3.63, 3.8) is 0 Å². The first-order chi connectivity index (χ1) is 11.6. The van der Waals surface area contributed by atoms with E-state index in [2.05, 4.69) is 15.7 Å². The molecule has 0 aliphatic heterocycles. The highest BCUT2D eigenvalue weighted by atomic mass is 16.6. The van der Waals surface area contributed by atoms with E-state index < -0.39 is 11.7 Å². The first-order valence-electron chi connectivity index (χ1n) is 8.59. The largest absolute Gasteiger partial charge is 0.444 e. The smallest absolute Gasteiger partial charge is 0.407 e. The Labute approximate surface area is 148 Å². The molecule has 2 N–H and O–H groups in total. The Kier molecular flexibility index (Phi) is 5.92. The molecule has 1 heterocycles. The van der Waals surface area contributed by atoms with Gasteiger partial charge in [-0.25, -0.2) is 9.59 Å². The molecule has 0 spiro atoms. The van der Waals surface area contributed by atoms with Crippen molar-refractivity contribution in [3.05, 3.63) is 18.0 Å². The average molecular weight is 351 g/mol. The third-order valence-corrected chi connectivity index (χ3v) is 4.01. The van der Waals surface area contributed by atoms with Gasteiger partial charge in [-0.05, 0) is 45.6 Å². The quantitative estimate of drug-likeness (QED) is 0.847. The summed E-state index contributed by atoms with van der Waals surface area (Å²) >= 11 is 0. The monoisotopic (exact) mass is 351 g/mol. The Balaban J connectivity index is 1.62. The zero-order chi connectivity index (χ0) is 18.6. The molecule has 1 aliphatic rings. The maximum atomic E-state index is 12.2. The van der Waals surface area contributed by atoms with Crippen LogP contribution in [0.4, 0.5) is 9.59 Å². The standard InChI is InChI=1S/C17H29N5O3/c1-17(2,3)25-16(24)18-10-12-8-14(9-12)19-15(23)21(4)11-13-6-7-22(5)20-13/h6-7,12,14H,8-11H2,1-5H3,(H,18,24)(H,19,23). The van der Waals surface area contributed by atoms with Gasteiger partial charge in [-0.2, -0.15) is 5.10 Å². The van der Waals surface area contributed by atoms with Crippen LogP contribution in [-0.2, 0) is 18.3 Å². The van der Waals surface area contributed by atoms with Gasteiger partial charge in [0.25, 0.3) is 0 Å². The van der Waals surface area contributed by atoms with Crippen molar-refractivity contribution in [3.8, 4) is 0 Å². The molecule has 0 atom stereocenters. The van der Waals surface area contributed by atoms with E-state index in [-0.39, 0.29) is 12.1 Å². The molecule has 0 bridgehead atoms. The highest BCUT2D eigenvalue weighted by molar-refractivity contribution is 5.74. The van der Waals surface area contributed by atoms with E-state index in [0.29, 0.717) is 19.0 Å². The number of hydrogen-bond acceptors (Lipinski definition) is 4. The number of carbonyl (C=O) groups excluding carboxylic acids is 2. The summed E-state index contributed by atoms with van der Waals surface area (Å²) in [7, 11) is 3.60. The van der Waals surface area contributed by atoms with Crippen molar-refractivity contribution >= 4 is 12.1 Å². The number of nitrogens with one attached hydrogen (secondary N) is 2. The average Bonchev–Trinajstić information content (AvgIpc) is 2.84. The van der Waals surface area contributed by atoms with Crippen LogP contribution >= 0.6 is 0 Å². The van der Waals surface area contributed by atoms with Crippen molar-refractivity contribution in [2.45, 2.75) is 51.8 Å². The van der Waals surface area contributed by atoms with Gasteiger partial charge < -0.3 is 20.3 Å². The summed E-state index contributed by atoms with van der Waals surface area (Å²) in [6.45, 7) is 6.56. The molecule has 25 heavy (non-hydrogen) atoms. The molecule has 1 aliphatic carbocycles. The van der Waals surface area contributed by atoms with Crippen molar-refractivity contribution in [2.75, 3.05) is 13.6 Å². The minimum Gasteiger partial charge on any atom is -0.444 e. The summed E-state index contributed by atoms with van der Waals surface area (Å²) in [4.78, 5) is 25.4. The molecule has 0 unspecified atom stereocenters. The fourth-order valence-electron chi connectivity index (χ4n) is 2.71. The van der Waals surface area contributed by atoms with Crippen LogP contribution in [0.15, 0.2) is 12.3 Å². The first-order valence-corrected chi connectivity index (χ1v) is 8.59. The molecule has 1 saturated carbocycles. The molecule has 1 aromatic heterocycles. The first kappa shape index (κ1) is 19.1. The molecule has 8 nitrogen and oxygen atoms in total. The number of urea groups is 1. The Morgan fingerprint density at radius 1 is 1.40 bits per heavy atom. The lowest BCUT2D eigenvalue weighted by Gasteiger charge is -2.36. The summed E-state index contributed by atoms with van der Waals surface area (Å²) < 4.78 is 6.92. The second-order valence-corrected chi connectivity index (χ2v) is 7.70. The minimum atomic E-state index is -0.488. The molecular weight excluding hydrogens is 322 g/mol. The summed E-state index contributed by atoms with van der Waals surface area (Å²) in [6.07, 6.45) is 3.18. The fraction of sp³-hybridized carbons (Fsp3) is 0.706. The third-order valence-electron chi connectivity index (χ3n) is 4.01. The van der Waals surface area contributed by atoms with Gasteiger partial charge in [-0.15, -0.1) is 0 Å². The van der Waals surface area contributed by atoms with Crippen molar-refractivity contribution in [1.29, 1.82) is 0 Å². The van der Waals surface area contributed by atoms with Crippen molar-refractivity contribution < 1.29 is 14.3 Å². The molecule has 0 saturated heterocycles. The molecular formula is C17H29N5O3. The maximum absolute atomic E-state index is 12.2.